The summed E-state index contributed by atoms with van der Waals surface area (Å²) in [6, 6.07) is 4.08. The van der Waals surface area contributed by atoms with Gasteiger partial charge in [0, 0.05) is 71.0 Å². The smallest absolute Gasteiger partial charge is 0.237 e. The average Bonchev–Trinajstić information content (AvgIpc) is 3.76. The van der Waals surface area contributed by atoms with Gasteiger partial charge in [-0.3, -0.25) is 9.69 Å². The van der Waals surface area contributed by atoms with Gasteiger partial charge in [-0.1, -0.05) is 0 Å². The SMILES string of the molecule is CS(=O)(=O)N1CCC(C(CCN2CCC(N(CC3CC3)C(=O)CN3CCNCC3)CC2)c2cc(F)cc(F)c2)CC1. The fraction of sp³-hybridized carbons (Fsp3) is 0.767. The quantitative estimate of drug-likeness (QED) is 0.424. The maximum Gasteiger partial charge on any atom is 0.237 e. The van der Waals surface area contributed by atoms with Crippen LogP contribution in [0.5, 0.6) is 0 Å². The molecule has 0 spiro atoms. The number of amides is 1. The van der Waals surface area contributed by atoms with Crippen LogP contribution in [0.3, 0.4) is 0 Å². The molecule has 1 saturated carbocycles. The standard InChI is InChI=1S/C30H47F2N5O3S/c1-41(39,40)36-14-4-24(5-15-36)29(25-18-26(31)20-27(32)19-25)8-13-34-11-6-28(7-12-34)37(21-23-2-3-23)30(38)22-35-16-9-33-10-17-35/h18-20,23-24,28-29,33H,2-17,21-22H2,1H3. The summed E-state index contributed by atoms with van der Waals surface area (Å²) in [7, 11) is -3.24. The lowest BCUT2D eigenvalue weighted by Gasteiger charge is -2.41. The van der Waals surface area contributed by atoms with Crippen LogP contribution in [0.25, 0.3) is 0 Å². The molecule has 1 N–H and O–H groups in total. The molecule has 1 aromatic rings. The van der Waals surface area contributed by atoms with Crippen LogP contribution in [0.4, 0.5) is 8.78 Å². The number of rotatable bonds is 11. The van der Waals surface area contributed by atoms with E-state index in [-0.39, 0.29) is 23.8 Å². The second kappa shape index (κ2) is 13.8. The molecular formula is C30H47F2N5O3S. The lowest BCUT2D eigenvalue weighted by Crippen LogP contribution is -2.53. The van der Waals surface area contributed by atoms with Gasteiger partial charge in [0.2, 0.25) is 15.9 Å². The molecule has 11 heteroatoms. The van der Waals surface area contributed by atoms with E-state index in [9.17, 15) is 22.0 Å². The number of piperazine rings is 1. The Hall–Kier alpha value is -1.66. The number of likely N-dealkylation sites (tertiary alicyclic amines) is 1. The normalized spacial score (nSPS) is 23.5. The number of nitrogens with one attached hydrogen (secondary N) is 1. The maximum atomic E-state index is 14.2. The van der Waals surface area contributed by atoms with E-state index in [2.05, 4.69) is 20.0 Å². The first-order chi connectivity index (χ1) is 19.7. The minimum atomic E-state index is -3.24. The Labute approximate surface area is 244 Å². The molecule has 0 radical (unpaired) electrons. The van der Waals surface area contributed by atoms with E-state index in [1.165, 1.54) is 35.5 Å². The average molecular weight is 596 g/mol. The van der Waals surface area contributed by atoms with Crippen molar-refractivity contribution in [1.29, 1.82) is 0 Å². The number of piperidine rings is 2. The van der Waals surface area contributed by atoms with Gasteiger partial charge < -0.3 is 15.1 Å². The molecule has 41 heavy (non-hydrogen) atoms. The predicted molar refractivity (Wildman–Crippen MR) is 156 cm³/mol. The molecular weight excluding hydrogens is 548 g/mol. The predicted octanol–water partition coefficient (Wildman–Crippen LogP) is 2.72. The lowest BCUT2D eigenvalue weighted by molar-refractivity contribution is -0.136. The minimum Gasteiger partial charge on any atom is -0.338 e. The molecule has 230 valence electrons. The summed E-state index contributed by atoms with van der Waals surface area (Å²) in [6.45, 7) is 8.64. The number of nitrogens with zero attached hydrogens (tertiary/aromatic N) is 4. The number of carbonyl (C=O) groups is 1. The lowest BCUT2D eigenvalue weighted by atomic mass is 9.78. The molecule has 3 saturated heterocycles. The Morgan fingerprint density at radius 1 is 0.927 bits per heavy atom. The Morgan fingerprint density at radius 3 is 2.15 bits per heavy atom. The first-order valence-corrected chi connectivity index (χ1v) is 17.4. The molecule has 3 aliphatic heterocycles. The highest BCUT2D eigenvalue weighted by Crippen LogP contribution is 2.37. The van der Waals surface area contributed by atoms with E-state index >= 15 is 0 Å². The number of halogens is 2. The van der Waals surface area contributed by atoms with Gasteiger partial charge in [-0.2, -0.15) is 0 Å². The number of benzene rings is 1. The molecule has 1 aromatic carbocycles. The molecule has 3 heterocycles. The van der Waals surface area contributed by atoms with Crippen molar-refractivity contribution in [2.75, 3.05) is 78.2 Å². The van der Waals surface area contributed by atoms with Crippen LogP contribution < -0.4 is 5.32 Å². The summed E-state index contributed by atoms with van der Waals surface area (Å²) in [5.74, 6) is -0.0799. The summed E-state index contributed by atoms with van der Waals surface area (Å²) >= 11 is 0. The van der Waals surface area contributed by atoms with Gasteiger partial charge in [0.15, 0.2) is 0 Å². The van der Waals surface area contributed by atoms with Crippen LogP contribution >= 0.6 is 0 Å². The Morgan fingerprint density at radius 2 is 1.56 bits per heavy atom. The highest BCUT2D eigenvalue weighted by atomic mass is 32.2. The number of carbonyl (C=O) groups excluding carboxylic acids is 1. The summed E-state index contributed by atoms with van der Waals surface area (Å²) < 4.78 is 54.0. The summed E-state index contributed by atoms with van der Waals surface area (Å²) in [5, 5.41) is 3.36. The first kappa shape index (κ1) is 30.8. The monoisotopic (exact) mass is 595 g/mol. The van der Waals surface area contributed by atoms with Crippen LogP contribution in [-0.2, 0) is 14.8 Å². The van der Waals surface area contributed by atoms with Crippen LogP contribution in [0, 0.1) is 23.5 Å². The van der Waals surface area contributed by atoms with Gasteiger partial charge in [0.05, 0.1) is 12.8 Å². The first-order valence-electron chi connectivity index (χ1n) is 15.5. The molecule has 1 unspecified atom stereocenters. The van der Waals surface area contributed by atoms with Crippen LogP contribution in [0.2, 0.25) is 0 Å². The number of hydrogen-bond acceptors (Lipinski definition) is 6. The van der Waals surface area contributed by atoms with Crippen molar-refractivity contribution in [2.45, 2.75) is 56.9 Å². The summed E-state index contributed by atoms with van der Waals surface area (Å²) in [5.41, 5.74) is 0.671. The number of sulfonamides is 1. The van der Waals surface area contributed by atoms with Crippen molar-refractivity contribution in [3.05, 3.63) is 35.4 Å². The largest absolute Gasteiger partial charge is 0.338 e. The van der Waals surface area contributed by atoms with Crippen molar-refractivity contribution in [1.82, 2.24) is 24.3 Å². The molecule has 5 rings (SSSR count). The molecule has 4 fully saturated rings. The fourth-order valence-electron chi connectivity index (χ4n) is 7.03. The van der Waals surface area contributed by atoms with E-state index in [4.69, 9.17) is 0 Å². The van der Waals surface area contributed by atoms with Gasteiger partial charge in [0.1, 0.15) is 11.6 Å². The van der Waals surface area contributed by atoms with Gasteiger partial charge in [-0.05, 0) is 86.9 Å². The van der Waals surface area contributed by atoms with Crippen molar-refractivity contribution in [3.8, 4) is 0 Å². The second-order valence-electron chi connectivity index (χ2n) is 12.7. The van der Waals surface area contributed by atoms with Crippen LogP contribution in [-0.4, -0.2) is 118 Å². The third-order valence-electron chi connectivity index (χ3n) is 9.64. The van der Waals surface area contributed by atoms with Gasteiger partial charge in [-0.15, -0.1) is 0 Å². The zero-order chi connectivity index (χ0) is 29.0. The highest BCUT2D eigenvalue weighted by Gasteiger charge is 2.35. The van der Waals surface area contributed by atoms with E-state index in [0.29, 0.717) is 44.0 Å². The van der Waals surface area contributed by atoms with Crippen molar-refractivity contribution < 1.29 is 22.0 Å². The number of hydrogen-bond donors (Lipinski definition) is 1. The molecule has 1 aliphatic carbocycles. The third-order valence-corrected chi connectivity index (χ3v) is 10.9. The van der Waals surface area contributed by atoms with Gasteiger partial charge in [-0.25, -0.2) is 21.5 Å². The Kier molecular flexibility index (Phi) is 10.3. The zero-order valence-corrected chi connectivity index (χ0v) is 25.3. The molecule has 8 nitrogen and oxygen atoms in total. The van der Waals surface area contributed by atoms with Gasteiger partial charge in [0.25, 0.3) is 0 Å². The summed E-state index contributed by atoms with van der Waals surface area (Å²) in [6.07, 6.45) is 7.72. The van der Waals surface area contributed by atoms with E-state index in [0.717, 1.165) is 77.7 Å². The zero-order valence-electron chi connectivity index (χ0n) is 24.4. The third kappa shape index (κ3) is 8.69. The molecule has 0 bridgehead atoms. The Balaban J connectivity index is 1.18. The second-order valence-corrected chi connectivity index (χ2v) is 14.7. The molecule has 0 aromatic heterocycles. The van der Waals surface area contributed by atoms with Crippen molar-refractivity contribution in [2.24, 2.45) is 11.8 Å². The van der Waals surface area contributed by atoms with Crippen LogP contribution in [0.15, 0.2) is 18.2 Å². The van der Waals surface area contributed by atoms with Crippen LogP contribution in [0.1, 0.15) is 56.4 Å². The van der Waals surface area contributed by atoms with Crippen molar-refractivity contribution in [3.63, 3.8) is 0 Å². The van der Waals surface area contributed by atoms with E-state index < -0.39 is 21.7 Å². The molecule has 4 aliphatic rings. The molecule has 1 atom stereocenters. The fourth-order valence-corrected chi connectivity index (χ4v) is 7.91. The van der Waals surface area contributed by atoms with E-state index in [1.54, 1.807) is 0 Å². The van der Waals surface area contributed by atoms with Gasteiger partial charge >= 0.3 is 0 Å². The summed E-state index contributed by atoms with van der Waals surface area (Å²) in [4.78, 5) is 20.3. The minimum absolute atomic E-state index is 0.0355. The topological polar surface area (TPSA) is 76.2 Å². The maximum absolute atomic E-state index is 14.2. The highest BCUT2D eigenvalue weighted by molar-refractivity contribution is 7.88. The van der Waals surface area contributed by atoms with E-state index in [1.807, 2.05) is 0 Å². The molecule has 1 amide bonds. The van der Waals surface area contributed by atoms with Crippen molar-refractivity contribution >= 4 is 15.9 Å². The Bertz CT molecular complexity index is 1110.